The lowest BCUT2D eigenvalue weighted by molar-refractivity contribution is 0.619. The fraction of sp³-hybridized carbons (Fsp3) is 0.0769. The van der Waals surface area contributed by atoms with Crippen molar-refractivity contribution in [3.8, 4) is 6.07 Å². The molecule has 1 aromatic heterocycles. The average Bonchev–Trinajstić information content (AvgIpc) is 2.37. The van der Waals surface area contributed by atoms with Crippen LogP contribution in [0.2, 0.25) is 0 Å². The van der Waals surface area contributed by atoms with Crippen LogP contribution in [0.1, 0.15) is 11.1 Å². The van der Waals surface area contributed by atoms with E-state index in [0.29, 0.717) is 28.3 Å². The van der Waals surface area contributed by atoms with Gasteiger partial charge in [-0.05, 0) is 25.1 Å². The molecule has 0 amide bonds. The first-order chi connectivity index (χ1) is 8.61. The Kier molecular flexibility index (Phi) is 3.11. The summed E-state index contributed by atoms with van der Waals surface area (Å²) < 4.78 is 13.4. The van der Waals surface area contributed by atoms with E-state index in [2.05, 4.69) is 10.3 Å². The third-order valence-corrected chi connectivity index (χ3v) is 2.55. The molecule has 2 aromatic rings. The molecule has 0 spiro atoms. The van der Waals surface area contributed by atoms with E-state index in [1.54, 1.807) is 19.1 Å². The fourth-order valence-corrected chi connectivity index (χ4v) is 1.54. The second kappa shape index (κ2) is 4.72. The lowest BCUT2D eigenvalue weighted by Crippen LogP contribution is -2.01. The predicted octanol–water partition coefficient (Wildman–Crippen LogP) is 2.73. The molecule has 18 heavy (non-hydrogen) atoms. The number of nitrogen functional groups attached to an aromatic ring is 1. The fourth-order valence-electron chi connectivity index (χ4n) is 1.54. The number of pyridine rings is 1. The maximum absolute atomic E-state index is 13.4. The van der Waals surface area contributed by atoms with Gasteiger partial charge in [-0.15, -0.1) is 0 Å². The third-order valence-electron chi connectivity index (χ3n) is 2.55. The summed E-state index contributed by atoms with van der Waals surface area (Å²) in [6, 6.07) is 8.20. The molecule has 90 valence electrons. The first-order valence-electron chi connectivity index (χ1n) is 5.29. The van der Waals surface area contributed by atoms with Crippen LogP contribution in [0, 0.1) is 24.1 Å². The van der Waals surface area contributed by atoms with Gasteiger partial charge in [0.05, 0.1) is 17.4 Å². The van der Waals surface area contributed by atoms with Gasteiger partial charge in [0.1, 0.15) is 17.7 Å². The molecule has 0 saturated heterocycles. The zero-order valence-electron chi connectivity index (χ0n) is 9.74. The SMILES string of the molecule is Cc1c(F)cccc1Nc1ncc(N)cc1C#N. The first-order valence-corrected chi connectivity index (χ1v) is 5.29. The van der Waals surface area contributed by atoms with Crippen molar-refractivity contribution in [2.24, 2.45) is 0 Å². The van der Waals surface area contributed by atoms with Gasteiger partial charge in [0.2, 0.25) is 0 Å². The van der Waals surface area contributed by atoms with Crippen LogP contribution in [0.4, 0.5) is 21.6 Å². The Labute approximate surface area is 104 Å². The number of hydrogen-bond donors (Lipinski definition) is 2. The number of nitrogens with zero attached hydrogens (tertiary/aromatic N) is 2. The van der Waals surface area contributed by atoms with Gasteiger partial charge in [0.15, 0.2) is 0 Å². The molecule has 4 nitrogen and oxygen atoms in total. The number of nitrogens with one attached hydrogen (secondary N) is 1. The van der Waals surface area contributed by atoms with E-state index in [4.69, 9.17) is 11.0 Å². The number of benzene rings is 1. The second-order valence-electron chi connectivity index (χ2n) is 3.81. The topological polar surface area (TPSA) is 74.7 Å². The van der Waals surface area contributed by atoms with Crippen molar-refractivity contribution in [1.29, 1.82) is 5.26 Å². The normalized spacial score (nSPS) is 9.83. The van der Waals surface area contributed by atoms with E-state index in [1.807, 2.05) is 6.07 Å². The van der Waals surface area contributed by atoms with Gasteiger partial charge in [-0.25, -0.2) is 9.37 Å². The van der Waals surface area contributed by atoms with E-state index >= 15 is 0 Å². The summed E-state index contributed by atoms with van der Waals surface area (Å²) in [7, 11) is 0. The van der Waals surface area contributed by atoms with Crippen LogP contribution in [0.3, 0.4) is 0 Å². The number of rotatable bonds is 2. The largest absolute Gasteiger partial charge is 0.397 e. The molecule has 0 aliphatic heterocycles. The minimum Gasteiger partial charge on any atom is -0.397 e. The minimum absolute atomic E-state index is 0.311. The highest BCUT2D eigenvalue weighted by Gasteiger charge is 2.08. The Morgan fingerprint density at radius 2 is 2.22 bits per heavy atom. The number of nitriles is 1. The summed E-state index contributed by atoms with van der Waals surface area (Å²) in [6.07, 6.45) is 1.44. The van der Waals surface area contributed by atoms with Gasteiger partial charge in [-0.3, -0.25) is 0 Å². The maximum atomic E-state index is 13.4. The van der Waals surface area contributed by atoms with Gasteiger partial charge in [0.25, 0.3) is 0 Å². The zero-order chi connectivity index (χ0) is 13.1. The van der Waals surface area contributed by atoms with Gasteiger partial charge >= 0.3 is 0 Å². The molecule has 0 saturated carbocycles. The summed E-state index contributed by atoms with van der Waals surface area (Å²) in [6.45, 7) is 1.65. The summed E-state index contributed by atoms with van der Waals surface area (Å²) in [5.74, 6) is 0.0503. The molecule has 1 heterocycles. The Balaban J connectivity index is 2.41. The van der Waals surface area contributed by atoms with E-state index in [9.17, 15) is 4.39 Å². The van der Waals surface area contributed by atoms with Crippen molar-refractivity contribution < 1.29 is 4.39 Å². The third kappa shape index (κ3) is 2.23. The maximum Gasteiger partial charge on any atom is 0.148 e. The van der Waals surface area contributed by atoms with E-state index < -0.39 is 0 Å². The van der Waals surface area contributed by atoms with E-state index in [0.717, 1.165) is 0 Å². The van der Waals surface area contributed by atoms with Crippen molar-refractivity contribution in [3.05, 3.63) is 47.4 Å². The molecule has 0 unspecified atom stereocenters. The molecule has 2 rings (SSSR count). The van der Waals surface area contributed by atoms with Gasteiger partial charge < -0.3 is 11.1 Å². The zero-order valence-corrected chi connectivity index (χ0v) is 9.74. The summed E-state index contributed by atoms with van der Waals surface area (Å²) in [5.41, 5.74) is 7.32. The molecule has 0 bridgehead atoms. The highest BCUT2D eigenvalue weighted by Crippen LogP contribution is 2.23. The smallest absolute Gasteiger partial charge is 0.148 e. The number of aromatic nitrogens is 1. The summed E-state index contributed by atoms with van der Waals surface area (Å²) >= 11 is 0. The monoisotopic (exact) mass is 242 g/mol. The predicted molar refractivity (Wildman–Crippen MR) is 67.8 cm³/mol. The van der Waals surface area contributed by atoms with Crippen molar-refractivity contribution in [2.45, 2.75) is 6.92 Å². The lowest BCUT2D eigenvalue weighted by atomic mass is 10.2. The standard InChI is InChI=1S/C13H11FN4/c1-8-11(14)3-2-4-12(8)18-13-9(6-15)5-10(16)7-17-13/h2-5,7H,16H2,1H3,(H,17,18). The summed E-state index contributed by atoms with van der Waals surface area (Å²) in [4.78, 5) is 4.03. The molecule has 0 atom stereocenters. The lowest BCUT2D eigenvalue weighted by Gasteiger charge is -2.10. The van der Waals surface area contributed by atoms with Crippen LogP contribution < -0.4 is 11.1 Å². The Bertz CT molecular complexity index is 631. The van der Waals surface area contributed by atoms with Crippen LogP contribution in [0.5, 0.6) is 0 Å². The molecule has 0 aliphatic carbocycles. The molecular formula is C13H11FN4. The second-order valence-corrected chi connectivity index (χ2v) is 3.81. The molecule has 0 aliphatic rings. The molecular weight excluding hydrogens is 231 g/mol. The molecule has 0 fully saturated rings. The summed E-state index contributed by atoms with van der Waals surface area (Å²) in [5, 5.41) is 11.9. The Morgan fingerprint density at radius 3 is 2.94 bits per heavy atom. The van der Waals surface area contributed by atoms with Crippen LogP contribution in [-0.2, 0) is 0 Å². The van der Waals surface area contributed by atoms with Crippen molar-refractivity contribution in [3.63, 3.8) is 0 Å². The van der Waals surface area contributed by atoms with Crippen molar-refractivity contribution >= 4 is 17.2 Å². The molecule has 0 radical (unpaired) electrons. The molecule has 5 heteroatoms. The number of nitrogens with two attached hydrogens (primary N) is 1. The van der Waals surface area contributed by atoms with Gasteiger partial charge in [-0.2, -0.15) is 5.26 Å². The van der Waals surface area contributed by atoms with Gasteiger partial charge in [-0.1, -0.05) is 6.07 Å². The highest BCUT2D eigenvalue weighted by atomic mass is 19.1. The minimum atomic E-state index is -0.311. The van der Waals surface area contributed by atoms with Gasteiger partial charge in [0, 0.05) is 11.3 Å². The Hall–Kier alpha value is -2.61. The molecule has 3 N–H and O–H groups in total. The number of anilines is 3. The molecule has 1 aromatic carbocycles. The average molecular weight is 242 g/mol. The van der Waals surface area contributed by atoms with Crippen molar-refractivity contribution in [1.82, 2.24) is 4.98 Å². The number of hydrogen-bond acceptors (Lipinski definition) is 4. The van der Waals surface area contributed by atoms with E-state index in [-0.39, 0.29) is 5.82 Å². The van der Waals surface area contributed by atoms with Crippen LogP contribution in [-0.4, -0.2) is 4.98 Å². The quantitative estimate of drug-likeness (QED) is 0.849. The number of halogens is 1. The van der Waals surface area contributed by atoms with Crippen LogP contribution >= 0.6 is 0 Å². The Morgan fingerprint density at radius 1 is 1.44 bits per heavy atom. The van der Waals surface area contributed by atoms with Crippen molar-refractivity contribution in [2.75, 3.05) is 11.1 Å². The highest BCUT2D eigenvalue weighted by molar-refractivity contribution is 5.67. The first kappa shape index (κ1) is 11.9. The van der Waals surface area contributed by atoms with Crippen LogP contribution in [0.15, 0.2) is 30.5 Å². The van der Waals surface area contributed by atoms with E-state index in [1.165, 1.54) is 18.3 Å². The van der Waals surface area contributed by atoms with Crippen LogP contribution in [0.25, 0.3) is 0 Å².